The fourth-order valence-electron chi connectivity index (χ4n) is 1.62. The highest BCUT2D eigenvalue weighted by molar-refractivity contribution is 5.87. The summed E-state index contributed by atoms with van der Waals surface area (Å²) in [6.45, 7) is 24.9. The van der Waals surface area contributed by atoms with Crippen LogP contribution >= 0.6 is 0 Å². The van der Waals surface area contributed by atoms with E-state index in [0.717, 1.165) is 19.6 Å². The van der Waals surface area contributed by atoms with Crippen LogP contribution in [0.5, 0.6) is 0 Å². The number of carbonyl (C=O) groups excluding carboxylic acids is 2. The van der Waals surface area contributed by atoms with Gasteiger partial charge in [0.1, 0.15) is 13.2 Å². The Morgan fingerprint density at radius 3 is 1.69 bits per heavy atom. The number of likely N-dealkylation sites (N-methyl/N-ethyl adjacent to an activating group) is 1. The first-order chi connectivity index (χ1) is 11.9. The second kappa shape index (κ2) is 14.5. The predicted octanol–water partition coefficient (Wildman–Crippen LogP) is 2.94. The van der Waals surface area contributed by atoms with E-state index in [9.17, 15) is 9.59 Å². The van der Waals surface area contributed by atoms with Gasteiger partial charge in [0.15, 0.2) is 0 Å². The molecule has 0 atom stereocenters. The van der Waals surface area contributed by atoms with Crippen LogP contribution in [0.25, 0.3) is 0 Å². The highest BCUT2D eigenvalue weighted by Crippen LogP contribution is 1.97. The number of esters is 2. The van der Waals surface area contributed by atoms with E-state index in [1.807, 2.05) is 0 Å². The van der Waals surface area contributed by atoms with E-state index in [4.69, 9.17) is 9.47 Å². The van der Waals surface area contributed by atoms with Crippen molar-refractivity contribution in [2.24, 2.45) is 0 Å². The number of nitrogens with one attached hydrogen (secondary N) is 1. The Kier molecular flexibility index (Phi) is 14.8. The third-order valence-corrected chi connectivity index (χ3v) is 3.22. The molecule has 26 heavy (non-hydrogen) atoms. The average Bonchev–Trinajstić information content (AvgIpc) is 2.54. The molecule has 0 amide bonds. The Morgan fingerprint density at radius 1 is 0.923 bits per heavy atom. The molecule has 0 aliphatic heterocycles. The minimum atomic E-state index is -0.323. The summed E-state index contributed by atoms with van der Waals surface area (Å²) in [7, 11) is 0. The molecule has 0 heterocycles. The molecule has 0 fully saturated rings. The van der Waals surface area contributed by atoms with Crippen LogP contribution in [-0.4, -0.2) is 61.8 Å². The normalized spacial score (nSPS) is 10.6. The standard InChI is InChI=1S/2C10H19NO2/c1-8(2)9(12)13-7-6-11-10(3,4)5;1-5-11(6-2)7-8-13-10(12)9(3)4/h11H,1,6-7H2,2-5H3;3,5-8H2,1-2,4H3. The van der Waals surface area contributed by atoms with Crippen molar-refractivity contribution < 1.29 is 19.1 Å². The highest BCUT2D eigenvalue weighted by Gasteiger charge is 2.08. The first kappa shape index (κ1) is 26.6. The van der Waals surface area contributed by atoms with Crippen LogP contribution in [-0.2, 0) is 19.1 Å². The summed E-state index contributed by atoms with van der Waals surface area (Å²) >= 11 is 0. The van der Waals surface area contributed by atoms with E-state index in [1.54, 1.807) is 13.8 Å². The largest absolute Gasteiger partial charge is 0.461 e. The maximum absolute atomic E-state index is 11.0. The lowest BCUT2D eigenvalue weighted by atomic mass is 10.1. The molecule has 0 aromatic carbocycles. The Hall–Kier alpha value is -1.66. The van der Waals surface area contributed by atoms with Crippen LogP contribution in [0, 0.1) is 0 Å². The quantitative estimate of drug-likeness (QED) is 0.362. The minimum absolute atomic E-state index is 0.0651. The topological polar surface area (TPSA) is 67.9 Å². The van der Waals surface area contributed by atoms with Crippen LogP contribution in [0.4, 0.5) is 0 Å². The summed E-state index contributed by atoms with van der Waals surface area (Å²) in [6.07, 6.45) is 0. The molecule has 0 bridgehead atoms. The lowest BCUT2D eigenvalue weighted by molar-refractivity contribution is -0.140. The molecule has 0 rings (SSSR count). The van der Waals surface area contributed by atoms with Crippen molar-refractivity contribution in [3.05, 3.63) is 24.3 Å². The molecule has 0 saturated carbocycles. The molecule has 0 spiro atoms. The van der Waals surface area contributed by atoms with E-state index in [2.05, 4.69) is 58.0 Å². The molecule has 0 aromatic rings. The van der Waals surface area contributed by atoms with Crippen molar-refractivity contribution >= 4 is 11.9 Å². The summed E-state index contributed by atoms with van der Waals surface area (Å²) in [6, 6.07) is 0. The van der Waals surface area contributed by atoms with Crippen molar-refractivity contribution in [2.75, 3.05) is 39.4 Å². The van der Waals surface area contributed by atoms with Crippen LogP contribution in [0.15, 0.2) is 24.3 Å². The Bertz CT molecular complexity index is 449. The number of rotatable bonds is 10. The summed E-state index contributed by atoms with van der Waals surface area (Å²) < 4.78 is 9.86. The first-order valence-corrected chi connectivity index (χ1v) is 9.07. The monoisotopic (exact) mass is 370 g/mol. The van der Waals surface area contributed by atoms with E-state index in [1.165, 1.54) is 0 Å². The molecule has 0 aliphatic carbocycles. The Balaban J connectivity index is 0. The van der Waals surface area contributed by atoms with Crippen molar-refractivity contribution in [1.82, 2.24) is 10.2 Å². The first-order valence-electron chi connectivity index (χ1n) is 9.07. The van der Waals surface area contributed by atoms with E-state index in [-0.39, 0.29) is 17.5 Å². The number of ether oxygens (including phenoxy) is 2. The molecule has 0 radical (unpaired) electrons. The summed E-state index contributed by atoms with van der Waals surface area (Å²) in [5, 5.41) is 3.21. The number of hydrogen-bond donors (Lipinski definition) is 1. The van der Waals surface area contributed by atoms with Crippen molar-refractivity contribution in [2.45, 2.75) is 54.0 Å². The van der Waals surface area contributed by atoms with E-state index >= 15 is 0 Å². The molecule has 1 N–H and O–H groups in total. The lowest BCUT2D eigenvalue weighted by Crippen LogP contribution is -2.38. The van der Waals surface area contributed by atoms with Gasteiger partial charge in [0.05, 0.1) is 0 Å². The Morgan fingerprint density at radius 2 is 1.35 bits per heavy atom. The lowest BCUT2D eigenvalue weighted by Gasteiger charge is -2.20. The van der Waals surface area contributed by atoms with Gasteiger partial charge in [-0.2, -0.15) is 0 Å². The third-order valence-electron chi connectivity index (χ3n) is 3.22. The highest BCUT2D eigenvalue weighted by atomic mass is 16.5. The summed E-state index contributed by atoms with van der Waals surface area (Å²) in [5.74, 6) is -0.622. The van der Waals surface area contributed by atoms with Gasteiger partial charge >= 0.3 is 11.9 Å². The Labute approximate surface area is 159 Å². The van der Waals surface area contributed by atoms with Gasteiger partial charge in [-0.05, 0) is 47.7 Å². The zero-order chi connectivity index (χ0) is 20.8. The zero-order valence-electron chi connectivity index (χ0n) is 17.7. The molecule has 6 nitrogen and oxygen atoms in total. The van der Waals surface area contributed by atoms with Crippen LogP contribution in [0.2, 0.25) is 0 Å². The van der Waals surface area contributed by atoms with Gasteiger partial charge < -0.3 is 19.7 Å². The number of nitrogens with zero attached hydrogens (tertiary/aromatic N) is 1. The van der Waals surface area contributed by atoms with Crippen LogP contribution in [0.1, 0.15) is 48.5 Å². The molecule has 6 heteroatoms. The van der Waals surface area contributed by atoms with Gasteiger partial charge in [-0.3, -0.25) is 0 Å². The molecule has 152 valence electrons. The smallest absolute Gasteiger partial charge is 0.333 e. The maximum Gasteiger partial charge on any atom is 0.333 e. The van der Waals surface area contributed by atoms with Crippen LogP contribution < -0.4 is 5.32 Å². The molecule has 0 unspecified atom stereocenters. The summed E-state index contributed by atoms with van der Waals surface area (Å²) in [5.41, 5.74) is 0.964. The number of hydrogen-bond acceptors (Lipinski definition) is 6. The second-order valence-electron chi connectivity index (χ2n) is 7.04. The van der Waals surface area contributed by atoms with Gasteiger partial charge in [-0.1, -0.05) is 27.0 Å². The van der Waals surface area contributed by atoms with Crippen LogP contribution in [0.3, 0.4) is 0 Å². The number of carbonyl (C=O) groups is 2. The van der Waals surface area contributed by atoms with E-state index in [0.29, 0.717) is 30.9 Å². The third kappa shape index (κ3) is 17.2. The second-order valence-corrected chi connectivity index (χ2v) is 7.04. The SMILES string of the molecule is C=C(C)C(=O)OCCN(CC)CC.C=C(C)C(=O)OCCNC(C)(C)C. The van der Waals surface area contributed by atoms with Gasteiger partial charge in [-0.25, -0.2) is 9.59 Å². The molecular formula is C20H38N2O4. The maximum atomic E-state index is 11.0. The fourth-order valence-corrected chi connectivity index (χ4v) is 1.62. The molecule has 0 aliphatic rings. The molecule has 0 aromatic heterocycles. The van der Waals surface area contributed by atoms with Crippen molar-refractivity contribution in [3.63, 3.8) is 0 Å². The zero-order valence-corrected chi connectivity index (χ0v) is 17.7. The molecular weight excluding hydrogens is 332 g/mol. The fraction of sp³-hybridized carbons (Fsp3) is 0.700. The summed E-state index contributed by atoms with van der Waals surface area (Å²) in [4.78, 5) is 24.1. The van der Waals surface area contributed by atoms with Crippen molar-refractivity contribution in [1.29, 1.82) is 0 Å². The minimum Gasteiger partial charge on any atom is -0.461 e. The predicted molar refractivity (Wildman–Crippen MR) is 107 cm³/mol. The molecule has 0 saturated heterocycles. The van der Waals surface area contributed by atoms with E-state index < -0.39 is 0 Å². The van der Waals surface area contributed by atoms with Gasteiger partial charge in [-0.15, -0.1) is 0 Å². The van der Waals surface area contributed by atoms with Gasteiger partial charge in [0, 0.05) is 29.8 Å². The van der Waals surface area contributed by atoms with Crippen molar-refractivity contribution in [3.8, 4) is 0 Å². The average molecular weight is 371 g/mol. The van der Waals surface area contributed by atoms with Gasteiger partial charge in [0.25, 0.3) is 0 Å². The van der Waals surface area contributed by atoms with Gasteiger partial charge in [0.2, 0.25) is 0 Å².